The molecule has 7 heteroatoms. The zero-order valence-electron chi connectivity index (χ0n) is 18.0. The van der Waals surface area contributed by atoms with Gasteiger partial charge >= 0.3 is 11.7 Å². The summed E-state index contributed by atoms with van der Waals surface area (Å²) in [5, 5.41) is 0. The molecule has 0 aromatic heterocycles. The summed E-state index contributed by atoms with van der Waals surface area (Å²) < 4.78 is 21.7. The number of carbonyl (C=O) groups is 1. The lowest BCUT2D eigenvalue weighted by Crippen LogP contribution is -2.21. The van der Waals surface area contributed by atoms with Crippen molar-refractivity contribution in [1.82, 2.24) is 0 Å². The lowest BCUT2D eigenvalue weighted by Gasteiger charge is -2.12. The summed E-state index contributed by atoms with van der Waals surface area (Å²) in [5.41, 5.74) is 11.5. The highest BCUT2D eigenvalue weighted by Gasteiger charge is 2.24. The van der Waals surface area contributed by atoms with E-state index in [9.17, 15) is 10.3 Å². The van der Waals surface area contributed by atoms with E-state index >= 15 is 0 Å². The zero-order valence-corrected chi connectivity index (χ0v) is 18.0. The predicted molar refractivity (Wildman–Crippen MR) is 119 cm³/mol. The van der Waals surface area contributed by atoms with Crippen molar-refractivity contribution in [1.29, 1.82) is 0 Å². The average Bonchev–Trinajstić information content (AvgIpc) is 2.84. The molecule has 164 valence electrons. The Morgan fingerprint density at radius 2 is 1.62 bits per heavy atom. The molecule has 0 amide bonds. The van der Waals surface area contributed by atoms with Gasteiger partial charge in [-0.1, -0.05) is 36.4 Å². The van der Waals surface area contributed by atoms with Crippen molar-refractivity contribution in [2.75, 3.05) is 20.8 Å². The smallest absolute Gasteiger partial charge is 0.422 e. The molecule has 0 heterocycles. The first-order chi connectivity index (χ1) is 15.6. The van der Waals surface area contributed by atoms with Gasteiger partial charge in [-0.2, -0.15) is 4.79 Å². The van der Waals surface area contributed by atoms with Gasteiger partial charge in [0.25, 0.3) is 0 Å². The number of hydrogen-bond donors (Lipinski definition) is 0. The fourth-order valence-electron chi connectivity index (χ4n) is 3.02. The van der Waals surface area contributed by atoms with Crippen molar-refractivity contribution in [2.45, 2.75) is 13.0 Å². The van der Waals surface area contributed by atoms with Crippen molar-refractivity contribution in [2.24, 2.45) is 0 Å². The molecule has 0 radical (unpaired) electrons. The Balaban J connectivity index is 1.56. The molecule has 7 nitrogen and oxygen atoms in total. The van der Waals surface area contributed by atoms with Crippen LogP contribution in [0, 0.1) is 0 Å². The maximum atomic E-state index is 12.3. The minimum absolute atomic E-state index is 0.112. The number of nitrogens with zero attached hydrogens (tertiary/aromatic N) is 2. The van der Waals surface area contributed by atoms with Gasteiger partial charge in [-0.3, -0.25) is 0 Å². The van der Waals surface area contributed by atoms with Crippen molar-refractivity contribution < 1.29 is 28.5 Å². The molecule has 0 spiro atoms. The van der Waals surface area contributed by atoms with E-state index in [1.54, 1.807) is 38.5 Å². The number of ether oxygens (including phenoxy) is 4. The van der Waals surface area contributed by atoms with Crippen LogP contribution in [0.15, 0.2) is 72.8 Å². The molecule has 0 aliphatic heterocycles. The van der Waals surface area contributed by atoms with Gasteiger partial charge in [0.15, 0.2) is 11.5 Å². The first-order valence-corrected chi connectivity index (χ1v) is 10.0. The highest BCUT2D eigenvalue weighted by atomic mass is 16.5. The largest absolute Gasteiger partial charge is 0.497 e. The van der Waals surface area contributed by atoms with E-state index in [2.05, 4.69) is 4.79 Å². The molecule has 0 saturated carbocycles. The fraction of sp³-hybridized carbons (Fsp3) is 0.200. The topological polar surface area (TPSA) is 90.4 Å². The molecule has 0 N–H and O–H groups in total. The van der Waals surface area contributed by atoms with Crippen LogP contribution in [-0.2, 0) is 22.6 Å². The molecule has 3 aromatic rings. The Hall–Kier alpha value is -4.09. The summed E-state index contributed by atoms with van der Waals surface area (Å²) in [6.45, 7) is 0.546. The van der Waals surface area contributed by atoms with Gasteiger partial charge in [0.05, 0.1) is 26.4 Å². The number of hydrogen-bond acceptors (Lipinski definition) is 5. The molecule has 0 unspecified atom stereocenters. The van der Waals surface area contributed by atoms with Crippen molar-refractivity contribution in [3.8, 4) is 17.2 Å². The summed E-state index contributed by atoms with van der Waals surface area (Å²) in [6.07, 6.45) is 0.461. The fourth-order valence-corrected chi connectivity index (χ4v) is 3.02. The first kappa shape index (κ1) is 22.6. The second-order valence-corrected chi connectivity index (χ2v) is 6.82. The van der Waals surface area contributed by atoms with Crippen LogP contribution in [0.5, 0.6) is 17.2 Å². The quantitative estimate of drug-likeness (QED) is 0.208. The first-order valence-electron chi connectivity index (χ1n) is 10.0. The number of benzene rings is 3. The predicted octanol–water partition coefficient (Wildman–Crippen LogP) is 4.09. The Morgan fingerprint density at radius 1 is 0.875 bits per heavy atom. The van der Waals surface area contributed by atoms with E-state index in [0.29, 0.717) is 35.8 Å². The van der Waals surface area contributed by atoms with Gasteiger partial charge in [0.2, 0.25) is 0 Å². The Kier molecular flexibility index (Phi) is 8.01. The Bertz CT molecular complexity index is 1090. The molecule has 0 atom stereocenters. The van der Waals surface area contributed by atoms with Gasteiger partial charge in [0.1, 0.15) is 12.4 Å². The van der Waals surface area contributed by atoms with Crippen molar-refractivity contribution in [3.05, 3.63) is 95.0 Å². The van der Waals surface area contributed by atoms with Crippen LogP contribution in [0.4, 0.5) is 0 Å². The highest BCUT2D eigenvalue weighted by Crippen LogP contribution is 2.29. The summed E-state index contributed by atoms with van der Waals surface area (Å²) in [7, 11) is 3.12. The van der Waals surface area contributed by atoms with E-state index in [0.717, 1.165) is 11.1 Å². The summed E-state index contributed by atoms with van der Waals surface area (Å²) in [6, 6.07) is 22.0. The SMILES string of the molecule is COc1ccc(C(=[N+]=[N-])C(=O)OCCc2ccc(OCc3ccccc3)c(OC)c2)cc1. The number of carbonyl (C=O) groups excluding carboxylic acids is 1. The molecule has 0 bridgehead atoms. The number of esters is 1. The summed E-state index contributed by atoms with van der Waals surface area (Å²) >= 11 is 0. The second kappa shape index (κ2) is 11.3. The number of rotatable bonds is 10. The third-order valence-corrected chi connectivity index (χ3v) is 4.75. The van der Waals surface area contributed by atoms with Gasteiger partial charge in [-0.15, -0.1) is 0 Å². The van der Waals surface area contributed by atoms with Crippen LogP contribution >= 0.6 is 0 Å². The normalized spacial score (nSPS) is 10.1. The zero-order chi connectivity index (χ0) is 22.8. The van der Waals surface area contributed by atoms with Crippen LogP contribution < -0.4 is 14.2 Å². The van der Waals surface area contributed by atoms with Gasteiger partial charge in [0, 0.05) is 6.42 Å². The highest BCUT2D eigenvalue weighted by molar-refractivity contribution is 6.40. The third-order valence-electron chi connectivity index (χ3n) is 4.75. The molecule has 3 rings (SSSR count). The van der Waals surface area contributed by atoms with E-state index in [1.807, 2.05) is 48.5 Å². The second-order valence-electron chi connectivity index (χ2n) is 6.82. The van der Waals surface area contributed by atoms with Crippen LogP contribution in [0.25, 0.3) is 5.53 Å². The monoisotopic (exact) mass is 432 g/mol. The van der Waals surface area contributed by atoms with Gasteiger partial charge < -0.3 is 24.5 Å². The molecule has 0 fully saturated rings. The molecular formula is C25H24N2O5. The van der Waals surface area contributed by atoms with Crippen LogP contribution in [-0.4, -0.2) is 37.3 Å². The molecule has 3 aromatic carbocycles. The van der Waals surface area contributed by atoms with E-state index in [-0.39, 0.29) is 12.3 Å². The third kappa shape index (κ3) is 5.97. The number of methoxy groups -OCH3 is 2. The van der Waals surface area contributed by atoms with Gasteiger partial charge in [-0.25, -0.2) is 4.79 Å². The molecule has 32 heavy (non-hydrogen) atoms. The van der Waals surface area contributed by atoms with Crippen molar-refractivity contribution in [3.63, 3.8) is 0 Å². The van der Waals surface area contributed by atoms with Crippen LogP contribution in [0.2, 0.25) is 0 Å². The van der Waals surface area contributed by atoms with Gasteiger partial charge in [-0.05, 0) is 47.5 Å². The Morgan fingerprint density at radius 3 is 2.28 bits per heavy atom. The lowest BCUT2D eigenvalue weighted by atomic mass is 10.1. The van der Waals surface area contributed by atoms with Crippen molar-refractivity contribution >= 4 is 11.7 Å². The lowest BCUT2D eigenvalue weighted by molar-refractivity contribution is -0.139. The minimum Gasteiger partial charge on any atom is -0.497 e. The summed E-state index contributed by atoms with van der Waals surface area (Å²) in [4.78, 5) is 15.4. The van der Waals surface area contributed by atoms with Crippen LogP contribution in [0.1, 0.15) is 16.7 Å². The standard InChI is InChI=1S/C25H24N2O5/c1-29-21-11-9-20(10-12-21)24(27-26)25(28)31-15-14-18-8-13-22(23(16-18)30-2)32-17-19-6-4-3-5-7-19/h3-13,16H,14-15,17H2,1-2H3. The maximum absolute atomic E-state index is 12.3. The molecule has 0 aliphatic carbocycles. The maximum Gasteiger partial charge on any atom is 0.422 e. The molecular weight excluding hydrogens is 408 g/mol. The van der Waals surface area contributed by atoms with E-state index < -0.39 is 5.97 Å². The molecule has 0 aliphatic rings. The average molecular weight is 432 g/mol. The van der Waals surface area contributed by atoms with E-state index in [1.165, 1.54) is 0 Å². The minimum atomic E-state index is -0.715. The summed E-state index contributed by atoms with van der Waals surface area (Å²) in [5.74, 6) is 1.14. The van der Waals surface area contributed by atoms with Crippen LogP contribution in [0.3, 0.4) is 0 Å². The Labute approximate surface area is 186 Å². The van der Waals surface area contributed by atoms with E-state index in [4.69, 9.17) is 18.9 Å². The molecule has 0 saturated heterocycles.